The summed E-state index contributed by atoms with van der Waals surface area (Å²) >= 11 is 0. The molecular formula is C23H36O3Si. The number of Topliss-reactive ketones (excluding diaryl/α,β-unsaturated/α-hetero) is 2. The lowest BCUT2D eigenvalue weighted by atomic mass is 9.84. The van der Waals surface area contributed by atoms with Crippen molar-refractivity contribution in [2.24, 2.45) is 0 Å². The van der Waals surface area contributed by atoms with Crippen LogP contribution in [-0.2, 0) is 16.0 Å². The standard InChI is InChI=1S/C23H36O3Si/c1-17-11-14-22-19(13-12-18(2)24)23(17)20(16-27(3,4)5)21(25)10-8-6-7-9-15-26-22/h11,14,20H,6-10,12-13,15-16H2,1-5H3/t20-/m1/s1. The molecule has 4 heteroatoms. The Bertz CT molecular complexity index is 673. The van der Waals surface area contributed by atoms with Crippen molar-refractivity contribution in [1.82, 2.24) is 0 Å². The van der Waals surface area contributed by atoms with E-state index in [9.17, 15) is 9.59 Å². The van der Waals surface area contributed by atoms with E-state index in [0.717, 1.165) is 54.2 Å². The first-order valence-electron chi connectivity index (χ1n) is 10.5. The van der Waals surface area contributed by atoms with Gasteiger partial charge in [-0.25, -0.2) is 0 Å². The number of benzene rings is 1. The summed E-state index contributed by atoms with van der Waals surface area (Å²) < 4.78 is 6.14. The monoisotopic (exact) mass is 388 g/mol. The van der Waals surface area contributed by atoms with Crippen LogP contribution in [0.5, 0.6) is 5.75 Å². The molecule has 0 saturated carbocycles. The van der Waals surface area contributed by atoms with Gasteiger partial charge in [-0.2, -0.15) is 0 Å². The van der Waals surface area contributed by atoms with Crippen LogP contribution in [0.25, 0.3) is 0 Å². The molecular weight excluding hydrogens is 352 g/mol. The van der Waals surface area contributed by atoms with Crippen LogP contribution in [-0.4, -0.2) is 26.2 Å². The molecule has 1 aromatic carbocycles. The smallest absolute Gasteiger partial charge is 0.140 e. The third-order valence-electron chi connectivity index (χ3n) is 5.39. The summed E-state index contributed by atoms with van der Waals surface area (Å²) in [4.78, 5) is 25.0. The minimum atomic E-state index is -1.45. The molecule has 1 heterocycles. The lowest BCUT2D eigenvalue weighted by molar-refractivity contribution is -0.120. The van der Waals surface area contributed by atoms with Crippen molar-refractivity contribution < 1.29 is 14.3 Å². The summed E-state index contributed by atoms with van der Waals surface area (Å²) in [5, 5.41) is 0. The Labute approximate surface area is 165 Å². The number of rotatable bonds is 5. The van der Waals surface area contributed by atoms with E-state index in [0.29, 0.717) is 31.7 Å². The number of ketones is 2. The molecule has 0 aliphatic carbocycles. The number of aryl methyl sites for hydroxylation is 1. The Balaban J connectivity index is 2.56. The fourth-order valence-corrected chi connectivity index (χ4v) is 5.70. The number of hydrogen-bond acceptors (Lipinski definition) is 3. The molecule has 0 radical (unpaired) electrons. The molecule has 2 bridgehead atoms. The summed E-state index contributed by atoms with van der Waals surface area (Å²) in [6.07, 6.45) is 6.03. The first-order valence-corrected chi connectivity index (χ1v) is 14.2. The highest BCUT2D eigenvalue weighted by atomic mass is 28.3. The highest BCUT2D eigenvalue weighted by Crippen LogP contribution is 2.38. The third kappa shape index (κ3) is 6.60. The SMILES string of the molecule is CC(=O)CCc1c2ccc(C)c1[C@H](C[Si](C)(C)C)C(=O)CCCCCCO2. The maximum Gasteiger partial charge on any atom is 0.140 e. The van der Waals surface area contributed by atoms with Crippen molar-refractivity contribution in [2.75, 3.05) is 6.61 Å². The highest BCUT2D eigenvalue weighted by Gasteiger charge is 2.31. The predicted molar refractivity (Wildman–Crippen MR) is 115 cm³/mol. The Morgan fingerprint density at radius 2 is 1.85 bits per heavy atom. The lowest BCUT2D eigenvalue weighted by Gasteiger charge is -2.29. The summed E-state index contributed by atoms with van der Waals surface area (Å²) in [5.74, 6) is 1.39. The van der Waals surface area contributed by atoms with E-state index in [4.69, 9.17) is 4.74 Å². The topological polar surface area (TPSA) is 43.4 Å². The third-order valence-corrected chi connectivity index (χ3v) is 7.02. The van der Waals surface area contributed by atoms with Gasteiger partial charge in [0.05, 0.1) is 6.61 Å². The first-order chi connectivity index (χ1) is 12.7. The average Bonchev–Trinajstić information content (AvgIpc) is 2.56. The van der Waals surface area contributed by atoms with E-state index in [-0.39, 0.29) is 11.7 Å². The normalized spacial score (nSPS) is 19.0. The molecule has 1 atom stereocenters. The molecule has 0 aromatic heterocycles. The van der Waals surface area contributed by atoms with Crippen molar-refractivity contribution in [3.8, 4) is 5.75 Å². The Morgan fingerprint density at radius 1 is 1.15 bits per heavy atom. The second-order valence-electron chi connectivity index (χ2n) is 9.27. The van der Waals surface area contributed by atoms with E-state index in [1.165, 1.54) is 0 Å². The quantitative estimate of drug-likeness (QED) is 0.594. The zero-order valence-electron chi connectivity index (χ0n) is 17.8. The number of ether oxygens (including phenoxy) is 1. The van der Waals surface area contributed by atoms with Gasteiger partial charge < -0.3 is 9.53 Å². The van der Waals surface area contributed by atoms with Gasteiger partial charge in [-0.1, -0.05) is 38.5 Å². The highest BCUT2D eigenvalue weighted by molar-refractivity contribution is 6.76. The van der Waals surface area contributed by atoms with Gasteiger partial charge >= 0.3 is 0 Å². The van der Waals surface area contributed by atoms with Gasteiger partial charge in [-0.05, 0) is 61.9 Å². The maximum atomic E-state index is 13.3. The lowest BCUT2D eigenvalue weighted by Crippen LogP contribution is -2.28. The second kappa shape index (κ2) is 9.68. The fourth-order valence-electron chi connectivity index (χ4n) is 4.04. The van der Waals surface area contributed by atoms with E-state index >= 15 is 0 Å². The van der Waals surface area contributed by atoms with Crippen LogP contribution >= 0.6 is 0 Å². The Hall–Kier alpha value is -1.42. The van der Waals surface area contributed by atoms with Gasteiger partial charge in [0.15, 0.2) is 0 Å². The number of carbonyl (C=O) groups is 2. The van der Waals surface area contributed by atoms with Crippen molar-refractivity contribution in [2.45, 2.75) is 90.4 Å². The molecule has 1 aliphatic rings. The van der Waals surface area contributed by atoms with Gasteiger partial charge in [-0.15, -0.1) is 0 Å². The van der Waals surface area contributed by atoms with E-state index in [2.05, 4.69) is 32.6 Å². The van der Waals surface area contributed by atoms with Crippen molar-refractivity contribution in [3.05, 3.63) is 28.8 Å². The van der Waals surface area contributed by atoms with Crippen molar-refractivity contribution in [1.29, 1.82) is 0 Å². The van der Waals surface area contributed by atoms with Crippen LogP contribution in [0.15, 0.2) is 12.1 Å². The molecule has 0 saturated heterocycles. The Kier molecular flexibility index (Phi) is 7.84. The zero-order chi connectivity index (χ0) is 20.0. The molecule has 27 heavy (non-hydrogen) atoms. The maximum absolute atomic E-state index is 13.3. The summed E-state index contributed by atoms with van der Waals surface area (Å²) in [6.45, 7) is 11.5. The van der Waals surface area contributed by atoms with Gasteiger partial charge in [0.2, 0.25) is 0 Å². The van der Waals surface area contributed by atoms with Crippen LogP contribution in [0.4, 0.5) is 0 Å². The largest absolute Gasteiger partial charge is 0.493 e. The molecule has 0 fully saturated rings. The molecule has 0 spiro atoms. The van der Waals surface area contributed by atoms with Gasteiger partial charge in [0, 0.05) is 26.8 Å². The second-order valence-corrected chi connectivity index (χ2v) is 14.8. The minimum absolute atomic E-state index is 0.0541. The fraction of sp³-hybridized carbons (Fsp3) is 0.652. The van der Waals surface area contributed by atoms with Gasteiger partial charge in [0.25, 0.3) is 0 Å². The number of carbonyl (C=O) groups excluding carboxylic acids is 2. The van der Waals surface area contributed by atoms with Gasteiger partial charge in [0.1, 0.15) is 17.3 Å². The van der Waals surface area contributed by atoms with Crippen LogP contribution < -0.4 is 4.74 Å². The predicted octanol–water partition coefficient (Wildman–Crippen LogP) is 5.85. The number of hydrogen-bond donors (Lipinski definition) is 0. The molecule has 3 nitrogen and oxygen atoms in total. The number of fused-ring (bicyclic) bond motifs is 2. The average molecular weight is 389 g/mol. The molecule has 1 aromatic rings. The summed E-state index contributed by atoms with van der Waals surface area (Å²) in [5.41, 5.74) is 3.42. The van der Waals surface area contributed by atoms with Crippen LogP contribution in [0, 0.1) is 6.92 Å². The van der Waals surface area contributed by atoms with Gasteiger partial charge in [-0.3, -0.25) is 4.79 Å². The van der Waals surface area contributed by atoms with Crippen molar-refractivity contribution >= 4 is 19.6 Å². The van der Waals surface area contributed by atoms with Crippen LogP contribution in [0.1, 0.15) is 68.1 Å². The molecule has 0 amide bonds. The van der Waals surface area contributed by atoms with Crippen LogP contribution in [0.2, 0.25) is 25.7 Å². The zero-order valence-corrected chi connectivity index (χ0v) is 18.8. The van der Waals surface area contributed by atoms with E-state index in [1.807, 2.05) is 6.07 Å². The molecule has 1 aliphatic heterocycles. The van der Waals surface area contributed by atoms with Crippen LogP contribution in [0.3, 0.4) is 0 Å². The van der Waals surface area contributed by atoms with E-state index in [1.54, 1.807) is 6.92 Å². The summed E-state index contributed by atoms with van der Waals surface area (Å²) in [7, 11) is -1.45. The molecule has 0 unspecified atom stereocenters. The minimum Gasteiger partial charge on any atom is -0.493 e. The van der Waals surface area contributed by atoms with E-state index < -0.39 is 8.07 Å². The first kappa shape index (κ1) is 21.9. The molecule has 150 valence electrons. The summed E-state index contributed by atoms with van der Waals surface area (Å²) in [6, 6.07) is 5.09. The molecule has 2 rings (SSSR count). The Morgan fingerprint density at radius 3 is 2.52 bits per heavy atom. The van der Waals surface area contributed by atoms with Crippen molar-refractivity contribution in [3.63, 3.8) is 0 Å². The molecule has 0 N–H and O–H groups in total.